The van der Waals surface area contributed by atoms with E-state index in [1.54, 1.807) is 13.2 Å². The van der Waals surface area contributed by atoms with Gasteiger partial charge in [0, 0.05) is 25.2 Å². The molecule has 4 unspecified atom stereocenters. The van der Waals surface area contributed by atoms with E-state index in [0.717, 1.165) is 17.6 Å². The summed E-state index contributed by atoms with van der Waals surface area (Å²) in [6.07, 6.45) is 4.69. The van der Waals surface area contributed by atoms with Crippen LogP contribution in [0.15, 0.2) is 23.3 Å². The average Bonchev–Trinajstić information content (AvgIpc) is 2.71. The largest absolute Gasteiger partial charge is 0.426 e. The van der Waals surface area contributed by atoms with Gasteiger partial charge in [0.1, 0.15) is 0 Å². The third-order valence-corrected chi connectivity index (χ3v) is 5.39. The number of allylic oxidation sites excluding steroid dienone is 1. The molecular weight excluding hydrogens is 256 g/mol. The number of ether oxygens (including phenoxy) is 2. The average molecular weight is 278 g/mol. The molecular formula is C16H22O4. The molecule has 1 fully saturated rings. The van der Waals surface area contributed by atoms with E-state index in [0.29, 0.717) is 12.3 Å². The van der Waals surface area contributed by atoms with Crippen LogP contribution in [-0.4, -0.2) is 30.1 Å². The zero-order chi connectivity index (χ0) is 14.7. The van der Waals surface area contributed by atoms with Gasteiger partial charge in [-0.2, -0.15) is 0 Å². The van der Waals surface area contributed by atoms with Gasteiger partial charge in [-0.3, -0.25) is 0 Å². The van der Waals surface area contributed by atoms with Gasteiger partial charge in [-0.05, 0) is 36.2 Å². The first-order chi connectivity index (χ1) is 9.30. The van der Waals surface area contributed by atoms with Gasteiger partial charge < -0.3 is 14.6 Å². The zero-order valence-electron chi connectivity index (χ0n) is 12.5. The second kappa shape index (κ2) is 4.18. The van der Waals surface area contributed by atoms with Crippen molar-refractivity contribution < 1.29 is 19.4 Å². The third-order valence-electron chi connectivity index (χ3n) is 5.39. The standard InChI is InChI=1S/C16H22O4/c1-9-5-10-8-16(19-4)13(7-14(18)20-16)15(2,3)11(10)6-12(9)17/h5,7,10-12,17H,6,8H2,1-4H3. The fraction of sp³-hybridized carbons (Fsp3) is 0.688. The van der Waals surface area contributed by atoms with Crippen LogP contribution in [0.2, 0.25) is 0 Å². The van der Waals surface area contributed by atoms with Crippen molar-refractivity contribution >= 4 is 5.97 Å². The van der Waals surface area contributed by atoms with E-state index in [1.807, 2.05) is 6.92 Å². The maximum atomic E-state index is 11.8. The molecule has 0 aromatic carbocycles. The quantitative estimate of drug-likeness (QED) is 0.590. The molecule has 0 aromatic heterocycles. The highest BCUT2D eigenvalue weighted by molar-refractivity contribution is 5.87. The Morgan fingerprint density at radius 1 is 1.45 bits per heavy atom. The molecule has 1 saturated carbocycles. The first-order valence-electron chi connectivity index (χ1n) is 7.17. The summed E-state index contributed by atoms with van der Waals surface area (Å²) >= 11 is 0. The van der Waals surface area contributed by atoms with Crippen molar-refractivity contribution in [3.05, 3.63) is 23.3 Å². The highest BCUT2D eigenvalue weighted by Crippen LogP contribution is 2.58. The molecule has 4 heteroatoms. The van der Waals surface area contributed by atoms with Crippen LogP contribution in [0.3, 0.4) is 0 Å². The van der Waals surface area contributed by atoms with Gasteiger partial charge in [0.15, 0.2) is 0 Å². The summed E-state index contributed by atoms with van der Waals surface area (Å²) in [6.45, 7) is 6.19. The van der Waals surface area contributed by atoms with Crippen LogP contribution < -0.4 is 0 Å². The molecule has 3 aliphatic rings. The molecule has 20 heavy (non-hydrogen) atoms. The smallest absolute Gasteiger partial charge is 0.333 e. The SMILES string of the molecule is COC12CC3C=C(C)C(O)CC3C(C)(C)C1=CC(=O)O2. The minimum atomic E-state index is -0.916. The first-order valence-corrected chi connectivity index (χ1v) is 7.17. The number of rotatable bonds is 1. The van der Waals surface area contributed by atoms with E-state index in [-0.39, 0.29) is 23.4 Å². The Morgan fingerprint density at radius 3 is 2.80 bits per heavy atom. The lowest BCUT2D eigenvalue weighted by atomic mass is 9.55. The van der Waals surface area contributed by atoms with Crippen molar-refractivity contribution in [1.82, 2.24) is 0 Å². The van der Waals surface area contributed by atoms with Crippen molar-refractivity contribution in [2.24, 2.45) is 17.3 Å². The molecule has 0 spiro atoms. The van der Waals surface area contributed by atoms with Crippen LogP contribution in [0.5, 0.6) is 0 Å². The Bertz CT molecular complexity index is 517. The van der Waals surface area contributed by atoms with Crippen molar-refractivity contribution in [2.75, 3.05) is 7.11 Å². The van der Waals surface area contributed by atoms with E-state index < -0.39 is 5.79 Å². The lowest BCUT2D eigenvalue weighted by Gasteiger charge is -2.52. The number of aliphatic hydroxyl groups excluding tert-OH is 1. The van der Waals surface area contributed by atoms with Crippen LogP contribution in [0.4, 0.5) is 0 Å². The van der Waals surface area contributed by atoms with Crippen molar-refractivity contribution in [3.8, 4) is 0 Å². The molecule has 4 nitrogen and oxygen atoms in total. The third kappa shape index (κ3) is 1.71. The molecule has 0 saturated heterocycles. The summed E-state index contributed by atoms with van der Waals surface area (Å²) in [5.74, 6) is -0.683. The molecule has 3 rings (SSSR count). The number of methoxy groups -OCH3 is 1. The van der Waals surface area contributed by atoms with Gasteiger partial charge in [0.25, 0.3) is 0 Å². The maximum Gasteiger partial charge on any atom is 0.333 e. The van der Waals surface area contributed by atoms with E-state index in [2.05, 4.69) is 19.9 Å². The monoisotopic (exact) mass is 278 g/mol. The number of hydrogen-bond donors (Lipinski definition) is 1. The molecule has 0 bridgehead atoms. The van der Waals surface area contributed by atoms with Crippen molar-refractivity contribution in [2.45, 2.75) is 45.5 Å². The number of hydrogen-bond acceptors (Lipinski definition) is 4. The van der Waals surface area contributed by atoms with Crippen LogP contribution in [0.1, 0.15) is 33.6 Å². The Morgan fingerprint density at radius 2 is 2.15 bits per heavy atom. The Kier molecular flexibility index (Phi) is 2.89. The number of esters is 1. The van der Waals surface area contributed by atoms with E-state index >= 15 is 0 Å². The highest BCUT2D eigenvalue weighted by atomic mass is 16.7. The van der Waals surface area contributed by atoms with E-state index in [9.17, 15) is 9.90 Å². The lowest BCUT2D eigenvalue weighted by Crippen LogP contribution is -2.52. The van der Waals surface area contributed by atoms with E-state index in [1.165, 1.54) is 0 Å². The van der Waals surface area contributed by atoms with Crippen LogP contribution in [0.25, 0.3) is 0 Å². The second-order valence-corrected chi connectivity index (χ2v) is 6.79. The molecule has 1 heterocycles. The van der Waals surface area contributed by atoms with Crippen LogP contribution >= 0.6 is 0 Å². The summed E-state index contributed by atoms with van der Waals surface area (Å²) in [5, 5.41) is 10.1. The van der Waals surface area contributed by atoms with Gasteiger partial charge in [-0.15, -0.1) is 0 Å². The van der Waals surface area contributed by atoms with Gasteiger partial charge in [-0.25, -0.2) is 4.79 Å². The number of fused-ring (bicyclic) bond motifs is 2. The highest BCUT2D eigenvalue weighted by Gasteiger charge is 2.59. The predicted molar refractivity (Wildman–Crippen MR) is 73.7 cm³/mol. The molecule has 4 atom stereocenters. The summed E-state index contributed by atoms with van der Waals surface area (Å²) in [4.78, 5) is 11.8. The zero-order valence-corrected chi connectivity index (χ0v) is 12.5. The summed E-state index contributed by atoms with van der Waals surface area (Å²) in [7, 11) is 1.59. The first kappa shape index (κ1) is 13.8. The van der Waals surface area contributed by atoms with E-state index in [4.69, 9.17) is 9.47 Å². The summed E-state index contributed by atoms with van der Waals surface area (Å²) < 4.78 is 11.1. The summed E-state index contributed by atoms with van der Waals surface area (Å²) in [6, 6.07) is 0. The maximum absolute atomic E-state index is 11.8. The molecule has 1 N–H and O–H groups in total. The molecule has 2 aliphatic carbocycles. The normalized spacial score (nSPS) is 42.2. The second-order valence-electron chi connectivity index (χ2n) is 6.79. The topological polar surface area (TPSA) is 55.8 Å². The number of carbonyl (C=O) groups is 1. The fourth-order valence-electron chi connectivity index (χ4n) is 4.25. The van der Waals surface area contributed by atoms with Crippen LogP contribution in [0, 0.1) is 17.3 Å². The lowest BCUT2D eigenvalue weighted by molar-refractivity contribution is -0.215. The Hall–Kier alpha value is -1.13. The number of aliphatic hydroxyl groups is 1. The Balaban J connectivity index is 2.09. The fourth-order valence-corrected chi connectivity index (χ4v) is 4.25. The van der Waals surface area contributed by atoms with Gasteiger partial charge in [-0.1, -0.05) is 19.9 Å². The van der Waals surface area contributed by atoms with Gasteiger partial charge in [0.2, 0.25) is 5.79 Å². The molecule has 110 valence electrons. The molecule has 1 aliphatic heterocycles. The number of carbonyl (C=O) groups excluding carboxylic acids is 1. The predicted octanol–water partition coefficient (Wildman–Crippen LogP) is 2.19. The summed E-state index contributed by atoms with van der Waals surface area (Å²) in [5.41, 5.74) is 1.69. The molecule has 0 aromatic rings. The van der Waals surface area contributed by atoms with Gasteiger partial charge >= 0.3 is 5.97 Å². The minimum Gasteiger partial charge on any atom is -0.426 e. The molecule has 0 amide bonds. The van der Waals surface area contributed by atoms with Gasteiger partial charge in [0.05, 0.1) is 6.10 Å². The van der Waals surface area contributed by atoms with Crippen molar-refractivity contribution in [3.63, 3.8) is 0 Å². The van der Waals surface area contributed by atoms with Crippen LogP contribution in [-0.2, 0) is 14.3 Å². The van der Waals surface area contributed by atoms with Crippen molar-refractivity contribution in [1.29, 1.82) is 0 Å². The Labute approximate surface area is 119 Å². The minimum absolute atomic E-state index is 0.233. The molecule has 0 radical (unpaired) electrons.